The maximum atomic E-state index is 12.0. The van der Waals surface area contributed by atoms with Crippen molar-refractivity contribution in [2.24, 2.45) is 0 Å². The number of nitrogens with one attached hydrogen (secondary N) is 1. The molecule has 0 saturated carbocycles. The van der Waals surface area contributed by atoms with Gasteiger partial charge in [0.05, 0.1) is 11.7 Å². The first-order chi connectivity index (χ1) is 9.95. The van der Waals surface area contributed by atoms with Crippen molar-refractivity contribution < 1.29 is 19.1 Å². The highest BCUT2D eigenvalue weighted by atomic mass is 16.4. The molecule has 0 aliphatic carbocycles. The molecule has 21 heavy (non-hydrogen) atoms. The predicted octanol–water partition coefficient (Wildman–Crippen LogP) is 1.42. The minimum atomic E-state index is -1.48. The summed E-state index contributed by atoms with van der Waals surface area (Å²) >= 11 is 0. The molecular weight excluding hydrogens is 270 g/mol. The molecule has 1 N–H and O–H groups in total. The third-order valence-electron chi connectivity index (χ3n) is 2.83. The van der Waals surface area contributed by atoms with Gasteiger partial charge in [0.1, 0.15) is 11.5 Å². The van der Waals surface area contributed by atoms with E-state index in [1.165, 1.54) is 6.08 Å². The minimum absolute atomic E-state index is 0.330. The summed E-state index contributed by atoms with van der Waals surface area (Å²) < 4.78 is 5.25. The van der Waals surface area contributed by atoms with E-state index in [1.54, 1.807) is 43.3 Å². The number of furan rings is 1. The molecular formula is C16H14NO4-. The van der Waals surface area contributed by atoms with E-state index >= 15 is 0 Å². The second kappa shape index (κ2) is 6.09. The molecule has 2 aromatic rings. The van der Waals surface area contributed by atoms with Crippen molar-refractivity contribution >= 4 is 18.0 Å². The zero-order valence-corrected chi connectivity index (χ0v) is 11.7. The van der Waals surface area contributed by atoms with E-state index in [4.69, 9.17) is 4.42 Å². The molecule has 5 heteroatoms. The molecule has 0 atom stereocenters. The van der Waals surface area contributed by atoms with Crippen LogP contribution in [-0.4, -0.2) is 11.9 Å². The number of carboxylic acids is 1. The van der Waals surface area contributed by atoms with E-state index in [2.05, 4.69) is 5.32 Å². The molecule has 0 bridgehead atoms. The van der Waals surface area contributed by atoms with E-state index in [0.717, 1.165) is 5.56 Å². The Labute approximate surface area is 121 Å². The molecule has 0 aliphatic heterocycles. The molecule has 108 valence electrons. The highest BCUT2D eigenvalue weighted by Crippen LogP contribution is 2.11. The summed E-state index contributed by atoms with van der Waals surface area (Å²) in [5.41, 5.74) is 1.02. The fraction of sp³-hybridized carbons (Fsp3) is 0.125. The van der Waals surface area contributed by atoms with Gasteiger partial charge in [-0.15, -0.1) is 0 Å². The highest BCUT2D eigenvalue weighted by molar-refractivity contribution is 6.02. The topological polar surface area (TPSA) is 82.4 Å². The minimum Gasteiger partial charge on any atom is -0.543 e. The van der Waals surface area contributed by atoms with Gasteiger partial charge in [-0.1, -0.05) is 17.7 Å². The Hall–Kier alpha value is -2.82. The molecule has 5 nitrogen and oxygen atoms in total. The molecule has 2 rings (SSSR count). The maximum Gasteiger partial charge on any atom is 0.255 e. The first-order valence-corrected chi connectivity index (χ1v) is 6.33. The van der Waals surface area contributed by atoms with Gasteiger partial charge in [0.2, 0.25) is 0 Å². The Morgan fingerprint density at radius 1 is 1.10 bits per heavy atom. The molecule has 0 radical (unpaired) electrons. The summed E-state index contributed by atoms with van der Waals surface area (Å²) in [4.78, 5) is 23.1. The zero-order valence-electron chi connectivity index (χ0n) is 11.7. The van der Waals surface area contributed by atoms with Crippen LogP contribution in [-0.2, 0) is 4.79 Å². The fourth-order valence-corrected chi connectivity index (χ4v) is 1.72. The second-order valence-corrected chi connectivity index (χ2v) is 4.61. The Bertz CT molecular complexity index is 695. The van der Waals surface area contributed by atoms with Crippen molar-refractivity contribution in [3.05, 3.63) is 64.7 Å². The van der Waals surface area contributed by atoms with Gasteiger partial charge >= 0.3 is 0 Å². The number of carbonyl (C=O) groups is 2. The van der Waals surface area contributed by atoms with Gasteiger partial charge in [0.15, 0.2) is 0 Å². The number of aryl methyl sites for hydroxylation is 2. The standard InChI is InChI=1S/C16H15NO4/c1-10-3-6-12(7-4-10)15(18)17-14(16(19)20)9-13-8-5-11(2)21-13/h3-9H,1-2H3,(H,17,18)(H,19,20)/p-1/b14-9+. The number of rotatable bonds is 4. The van der Waals surface area contributed by atoms with Crippen LogP contribution in [0.25, 0.3) is 6.08 Å². The lowest BCUT2D eigenvalue weighted by molar-refractivity contribution is -0.299. The van der Waals surface area contributed by atoms with Crippen molar-refractivity contribution in [3.63, 3.8) is 0 Å². The molecule has 1 aromatic carbocycles. The second-order valence-electron chi connectivity index (χ2n) is 4.61. The summed E-state index contributed by atoms with van der Waals surface area (Å²) in [5.74, 6) is -1.03. The molecule has 1 aromatic heterocycles. The summed E-state index contributed by atoms with van der Waals surface area (Å²) in [6, 6.07) is 10.1. The number of hydrogen-bond acceptors (Lipinski definition) is 4. The largest absolute Gasteiger partial charge is 0.543 e. The van der Waals surface area contributed by atoms with Crippen molar-refractivity contribution in [1.82, 2.24) is 5.32 Å². The van der Waals surface area contributed by atoms with Crippen LogP contribution in [0.15, 0.2) is 46.5 Å². The van der Waals surface area contributed by atoms with Crippen LogP contribution in [0.1, 0.15) is 27.4 Å². The quantitative estimate of drug-likeness (QED) is 0.861. The summed E-state index contributed by atoms with van der Waals surface area (Å²) in [7, 11) is 0. The van der Waals surface area contributed by atoms with Crippen molar-refractivity contribution in [2.75, 3.05) is 0 Å². The molecule has 0 fully saturated rings. The van der Waals surface area contributed by atoms with E-state index in [1.807, 2.05) is 6.92 Å². The van der Waals surface area contributed by atoms with Gasteiger partial charge in [-0.3, -0.25) is 4.79 Å². The van der Waals surface area contributed by atoms with Crippen LogP contribution in [0, 0.1) is 13.8 Å². The van der Waals surface area contributed by atoms with Gasteiger partial charge in [-0.2, -0.15) is 0 Å². The van der Waals surface area contributed by atoms with Crippen LogP contribution in [0.4, 0.5) is 0 Å². The van der Waals surface area contributed by atoms with Gasteiger partial charge in [-0.05, 0) is 38.1 Å². The van der Waals surface area contributed by atoms with E-state index < -0.39 is 11.9 Å². The summed E-state index contributed by atoms with van der Waals surface area (Å²) in [6.45, 7) is 3.63. The van der Waals surface area contributed by atoms with E-state index in [9.17, 15) is 14.7 Å². The van der Waals surface area contributed by atoms with Gasteiger partial charge < -0.3 is 19.6 Å². The smallest absolute Gasteiger partial charge is 0.255 e. The molecule has 0 aliphatic rings. The number of benzene rings is 1. The zero-order chi connectivity index (χ0) is 15.4. The summed E-state index contributed by atoms with van der Waals surface area (Å²) in [6.07, 6.45) is 1.22. The lowest BCUT2D eigenvalue weighted by Crippen LogP contribution is -2.35. The number of carboxylic acid groups (broad SMARTS) is 1. The van der Waals surface area contributed by atoms with Crippen LogP contribution in [0.5, 0.6) is 0 Å². The molecule has 1 heterocycles. The Balaban J connectivity index is 2.20. The Kier molecular flexibility index (Phi) is 4.23. The van der Waals surface area contributed by atoms with E-state index in [0.29, 0.717) is 17.1 Å². The van der Waals surface area contributed by atoms with Crippen molar-refractivity contribution in [1.29, 1.82) is 0 Å². The Morgan fingerprint density at radius 3 is 2.29 bits per heavy atom. The van der Waals surface area contributed by atoms with Crippen LogP contribution >= 0.6 is 0 Å². The third kappa shape index (κ3) is 3.82. The average molecular weight is 284 g/mol. The van der Waals surface area contributed by atoms with Crippen LogP contribution in [0.3, 0.4) is 0 Å². The SMILES string of the molecule is Cc1ccc(C(=O)N/C(=C/c2ccc(C)o2)C(=O)[O-])cc1. The average Bonchev–Trinajstić information content (AvgIpc) is 2.84. The van der Waals surface area contributed by atoms with Gasteiger partial charge in [0, 0.05) is 11.6 Å². The number of aliphatic carboxylic acids is 1. The Morgan fingerprint density at radius 2 is 1.76 bits per heavy atom. The van der Waals surface area contributed by atoms with Gasteiger partial charge in [0.25, 0.3) is 5.91 Å². The first kappa shape index (κ1) is 14.6. The normalized spacial score (nSPS) is 11.2. The maximum absolute atomic E-state index is 12.0. The van der Waals surface area contributed by atoms with Crippen LogP contribution in [0.2, 0.25) is 0 Å². The lowest BCUT2D eigenvalue weighted by Gasteiger charge is -2.10. The number of amides is 1. The van der Waals surface area contributed by atoms with Crippen LogP contribution < -0.4 is 10.4 Å². The number of carbonyl (C=O) groups excluding carboxylic acids is 2. The van der Waals surface area contributed by atoms with Crippen molar-refractivity contribution in [2.45, 2.75) is 13.8 Å². The fourth-order valence-electron chi connectivity index (χ4n) is 1.72. The molecule has 0 saturated heterocycles. The number of hydrogen-bond donors (Lipinski definition) is 1. The summed E-state index contributed by atoms with van der Waals surface area (Å²) in [5, 5.41) is 13.4. The van der Waals surface area contributed by atoms with Gasteiger partial charge in [-0.25, -0.2) is 0 Å². The first-order valence-electron chi connectivity index (χ1n) is 6.33. The van der Waals surface area contributed by atoms with Crippen molar-refractivity contribution in [3.8, 4) is 0 Å². The molecule has 1 amide bonds. The molecule has 0 spiro atoms. The monoisotopic (exact) mass is 284 g/mol. The van der Waals surface area contributed by atoms with E-state index in [-0.39, 0.29) is 5.70 Å². The predicted molar refractivity (Wildman–Crippen MR) is 75.1 cm³/mol. The highest BCUT2D eigenvalue weighted by Gasteiger charge is 2.09. The lowest BCUT2D eigenvalue weighted by atomic mass is 10.1. The third-order valence-corrected chi connectivity index (χ3v) is 2.83. The molecule has 0 unspecified atom stereocenters.